The molecular formula is C6H6Br4O2. The second kappa shape index (κ2) is 7.55. The lowest BCUT2D eigenvalue weighted by Gasteiger charge is -2.02. The molecule has 0 saturated carbocycles. The molecule has 0 amide bonds. The van der Waals surface area contributed by atoms with Crippen LogP contribution in [0.3, 0.4) is 0 Å². The lowest BCUT2D eigenvalue weighted by atomic mass is 10.6. The van der Waals surface area contributed by atoms with Crippen LogP contribution in [-0.4, -0.2) is 18.3 Å². The fourth-order valence-electron chi connectivity index (χ4n) is 0.318. The Morgan fingerprint density at radius 3 is 2.25 bits per heavy atom. The molecule has 70 valence electrons. The summed E-state index contributed by atoms with van der Waals surface area (Å²) in [4.78, 5) is 0. The minimum absolute atomic E-state index is 0.0836. The molecule has 0 bridgehead atoms. The molecule has 0 aromatic rings. The third-order valence-electron chi connectivity index (χ3n) is 0.800. The van der Waals surface area contributed by atoms with Crippen molar-refractivity contribution in [1.29, 1.82) is 0 Å². The first-order chi connectivity index (χ1) is 5.57. The Bertz CT molecular complexity index is 196. The number of aliphatic hydroxyl groups excluding tert-OH is 1. The summed E-state index contributed by atoms with van der Waals surface area (Å²) in [5.41, 5.74) is 0. The molecule has 0 spiro atoms. The van der Waals surface area contributed by atoms with Gasteiger partial charge >= 0.3 is 0 Å². The molecule has 0 aromatic heterocycles. The van der Waals surface area contributed by atoms with Gasteiger partial charge in [0.25, 0.3) is 0 Å². The lowest BCUT2D eigenvalue weighted by Crippen LogP contribution is -1.91. The molecule has 2 nitrogen and oxygen atoms in total. The fraction of sp³-hybridized carbons (Fsp3) is 0.333. The Hall–Kier alpha value is 1.16. The van der Waals surface area contributed by atoms with Gasteiger partial charge in [-0.3, -0.25) is 0 Å². The zero-order valence-corrected chi connectivity index (χ0v) is 12.2. The van der Waals surface area contributed by atoms with E-state index in [2.05, 4.69) is 63.7 Å². The minimum Gasteiger partial charge on any atom is -0.482 e. The topological polar surface area (TPSA) is 29.5 Å². The monoisotopic (exact) mass is 426 g/mol. The average Bonchev–Trinajstić information content (AvgIpc) is 2.02. The first-order valence-corrected chi connectivity index (χ1v) is 6.04. The van der Waals surface area contributed by atoms with Gasteiger partial charge in [-0.1, -0.05) is 0 Å². The summed E-state index contributed by atoms with van der Waals surface area (Å²) < 4.78 is 7.07. The molecule has 0 radical (unpaired) electrons. The van der Waals surface area contributed by atoms with Gasteiger partial charge in [-0.15, -0.1) is 0 Å². The average molecular weight is 430 g/mol. The smallest absolute Gasteiger partial charge is 0.175 e. The molecule has 0 aromatic carbocycles. The van der Waals surface area contributed by atoms with Crippen molar-refractivity contribution in [2.75, 3.05) is 13.2 Å². The fourth-order valence-corrected chi connectivity index (χ4v) is 0.955. The van der Waals surface area contributed by atoms with Crippen LogP contribution in [0.5, 0.6) is 0 Å². The van der Waals surface area contributed by atoms with Crippen LogP contribution in [0.4, 0.5) is 0 Å². The number of hydrogen-bond acceptors (Lipinski definition) is 2. The van der Waals surface area contributed by atoms with Crippen molar-refractivity contribution >= 4 is 63.7 Å². The summed E-state index contributed by atoms with van der Waals surface area (Å²) in [5.74, 6) is 0. The van der Waals surface area contributed by atoms with Gasteiger partial charge in [0.15, 0.2) is 4.67 Å². The molecule has 6 heteroatoms. The Kier molecular flexibility index (Phi) is 8.28. The van der Waals surface area contributed by atoms with E-state index in [9.17, 15) is 0 Å². The molecule has 0 unspecified atom stereocenters. The number of halogens is 4. The van der Waals surface area contributed by atoms with Crippen LogP contribution in [0.25, 0.3) is 0 Å². The van der Waals surface area contributed by atoms with E-state index in [0.717, 1.165) is 3.39 Å². The van der Waals surface area contributed by atoms with Crippen LogP contribution in [0.15, 0.2) is 18.6 Å². The highest BCUT2D eigenvalue weighted by molar-refractivity contribution is 9.28. The molecule has 0 rings (SSSR count). The summed E-state index contributed by atoms with van der Waals surface area (Å²) >= 11 is 12.6. The van der Waals surface area contributed by atoms with E-state index in [1.165, 1.54) is 0 Å². The molecule has 0 atom stereocenters. The van der Waals surface area contributed by atoms with E-state index in [0.29, 0.717) is 15.8 Å². The van der Waals surface area contributed by atoms with Crippen molar-refractivity contribution in [1.82, 2.24) is 0 Å². The van der Waals surface area contributed by atoms with E-state index in [1.54, 1.807) is 6.08 Å². The number of hydrogen-bond donors (Lipinski definition) is 1. The van der Waals surface area contributed by atoms with Gasteiger partial charge in [-0.25, -0.2) is 0 Å². The summed E-state index contributed by atoms with van der Waals surface area (Å²) in [6.07, 6.45) is 1.79. The second-order valence-corrected chi connectivity index (χ2v) is 6.09. The summed E-state index contributed by atoms with van der Waals surface area (Å²) in [6, 6.07) is 0. The molecule has 0 fully saturated rings. The lowest BCUT2D eigenvalue weighted by molar-refractivity contribution is 0.269. The normalized spacial score (nSPS) is 12.1. The van der Waals surface area contributed by atoms with Crippen LogP contribution in [-0.2, 0) is 4.74 Å². The predicted molar refractivity (Wildman–Crippen MR) is 63.9 cm³/mol. The van der Waals surface area contributed by atoms with E-state index < -0.39 is 0 Å². The predicted octanol–water partition coefficient (Wildman–Crippen LogP) is 3.59. The van der Waals surface area contributed by atoms with Gasteiger partial charge in [0, 0.05) is 0 Å². The maximum Gasteiger partial charge on any atom is 0.175 e. The van der Waals surface area contributed by atoms with Gasteiger partial charge in [0.1, 0.15) is 6.61 Å². The third-order valence-corrected chi connectivity index (χ3v) is 3.30. The standard InChI is InChI=1S/C6H6Br4O2/c7-4(3-11)6(10)12-2-1-5(8)9/h1,11H,2-3H2. The Morgan fingerprint density at radius 1 is 1.25 bits per heavy atom. The van der Waals surface area contributed by atoms with Crippen molar-refractivity contribution in [2.24, 2.45) is 0 Å². The Balaban J connectivity index is 3.86. The quantitative estimate of drug-likeness (QED) is 0.692. The number of rotatable bonds is 4. The highest BCUT2D eigenvalue weighted by Gasteiger charge is 1.98. The SMILES string of the molecule is OCC(Br)=C(Br)OCC=C(Br)Br. The van der Waals surface area contributed by atoms with Crippen molar-refractivity contribution in [3.63, 3.8) is 0 Å². The van der Waals surface area contributed by atoms with Gasteiger partial charge in [0.2, 0.25) is 0 Å². The third kappa shape index (κ3) is 6.65. The van der Waals surface area contributed by atoms with E-state index in [4.69, 9.17) is 9.84 Å². The van der Waals surface area contributed by atoms with Crippen LogP contribution in [0, 0.1) is 0 Å². The maximum absolute atomic E-state index is 8.67. The van der Waals surface area contributed by atoms with Crippen LogP contribution in [0.1, 0.15) is 0 Å². The van der Waals surface area contributed by atoms with Crippen LogP contribution >= 0.6 is 63.7 Å². The molecular weight excluding hydrogens is 424 g/mol. The zero-order valence-electron chi connectivity index (χ0n) is 5.86. The first kappa shape index (κ1) is 13.2. The van der Waals surface area contributed by atoms with Crippen molar-refractivity contribution < 1.29 is 9.84 Å². The zero-order chi connectivity index (χ0) is 9.56. The molecule has 0 saturated heterocycles. The van der Waals surface area contributed by atoms with E-state index in [1.807, 2.05) is 0 Å². The van der Waals surface area contributed by atoms with Gasteiger partial charge in [0.05, 0.1) is 14.5 Å². The molecule has 0 aliphatic carbocycles. The van der Waals surface area contributed by atoms with Gasteiger partial charge < -0.3 is 9.84 Å². The highest BCUT2D eigenvalue weighted by atomic mass is 79.9. The van der Waals surface area contributed by atoms with Gasteiger partial charge in [-0.05, 0) is 69.8 Å². The van der Waals surface area contributed by atoms with Crippen molar-refractivity contribution in [3.8, 4) is 0 Å². The van der Waals surface area contributed by atoms with E-state index in [-0.39, 0.29) is 6.61 Å². The Labute approximate surface area is 105 Å². The van der Waals surface area contributed by atoms with Gasteiger partial charge in [-0.2, -0.15) is 0 Å². The Morgan fingerprint density at radius 2 is 1.83 bits per heavy atom. The second-order valence-electron chi connectivity index (χ2n) is 1.64. The molecule has 0 aliphatic heterocycles. The number of aliphatic hydroxyl groups is 1. The minimum atomic E-state index is -0.0836. The van der Waals surface area contributed by atoms with Crippen LogP contribution in [0.2, 0.25) is 0 Å². The van der Waals surface area contributed by atoms with Crippen LogP contribution < -0.4 is 0 Å². The first-order valence-electron chi connectivity index (χ1n) is 2.87. The molecule has 0 aliphatic rings. The molecule has 1 N–H and O–H groups in total. The van der Waals surface area contributed by atoms with Crippen molar-refractivity contribution in [3.05, 3.63) is 18.6 Å². The highest BCUT2D eigenvalue weighted by Crippen LogP contribution is 2.19. The number of ether oxygens (including phenoxy) is 1. The summed E-state index contributed by atoms with van der Waals surface area (Å²) in [5, 5.41) is 8.67. The van der Waals surface area contributed by atoms with Crippen molar-refractivity contribution in [2.45, 2.75) is 0 Å². The summed E-state index contributed by atoms with van der Waals surface area (Å²) in [7, 11) is 0. The summed E-state index contributed by atoms with van der Waals surface area (Å²) in [6.45, 7) is 0.335. The molecule has 12 heavy (non-hydrogen) atoms. The maximum atomic E-state index is 8.67. The molecule has 0 heterocycles. The largest absolute Gasteiger partial charge is 0.482 e. The van der Waals surface area contributed by atoms with E-state index >= 15 is 0 Å².